The number of carboxylic acid groups (broad SMARTS) is 1. The van der Waals surface area contributed by atoms with Crippen LogP contribution >= 0.6 is 0 Å². The third-order valence-electron chi connectivity index (χ3n) is 1.41. The van der Waals surface area contributed by atoms with Crippen LogP contribution in [0.2, 0.25) is 0 Å². The predicted molar refractivity (Wildman–Crippen MR) is 45.9 cm³/mol. The summed E-state index contributed by atoms with van der Waals surface area (Å²) in [5, 5.41) is 8.65. The van der Waals surface area contributed by atoms with Crippen molar-refractivity contribution in [2.75, 3.05) is 7.11 Å². The number of ether oxygens (including phenoxy) is 1. The molecule has 0 radical (unpaired) electrons. The van der Waals surface area contributed by atoms with E-state index in [4.69, 9.17) is 9.84 Å². The molecule has 0 unspecified atom stereocenters. The largest absolute Gasteiger partial charge is 0.494 e. The van der Waals surface area contributed by atoms with Crippen LogP contribution in [-0.4, -0.2) is 31.0 Å². The lowest BCUT2D eigenvalue weighted by atomic mass is 9.98. The maximum absolute atomic E-state index is 10.5. The van der Waals surface area contributed by atoms with Crippen molar-refractivity contribution < 1.29 is 14.6 Å². The van der Waals surface area contributed by atoms with Gasteiger partial charge in [0.15, 0.2) is 11.4 Å². The maximum Gasteiger partial charge on any atom is 0.358 e. The Balaban J connectivity index is 3.20. The lowest BCUT2D eigenvalue weighted by molar-refractivity contribution is 0.0686. The molecule has 1 rings (SSSR count). The first-order valence-corrected chi connectivity index (χ1v) is 3.39. The van der Waals surface area contributed by atoms with Gasteiger partial charge < -0.3 is 9.84 Å². The Bertz CT molecular complexity index is 314. The van der Waals surface area contributed by atoms with Crippen LogP contribution in [0.3, 0.4) is 0 Å². The molecule has 62 valence electrons. The van der Waals surface area contributed by atoms with Gasteiger partial charge in [-0.3, -0.25) is 0 Å². The summed E-state index contributed by atoms with van der Waals surface area (Å²) in [5.41, 5.74) is 0.819. The third kappa shape index (κ3) is 1.55. The fraction of sp³-hybridized carbons (Fsp3) is 0.143. The Morgan fingerprint density at radius 1 is 1.75 bits per heavy atom. The normalized spacial score (nSPS) is 9.42. The van der Waals surface area contributed by atoms with Crippen LogP contribution in [0.15, 0.2) is 12.3 Å². The van der Waals surface area contributed by atoms with Crippen molar-refractivity contribution >= 4 is 19.3 Å². The highest BCUT2D eigenvalue weighted by atomic mass is 16.5. The Labute approximate surface area is 70.6 Å². The van der Waals surface area contributed by atoms with Crippen LogP contribution < -0.4 is 10.2 Å². The zero-order valence-corrected chi connectivity index (χ0v) is 6.87. The van der Waals surface area contributed by atoms with Gasteiger partial charge in [0.2, 0.25) is 0 Å². The minimum atomic E-state index is -1.08. The zero-order chi connectivity index (χ0) is 9.14. The van der Waals surface area contributed by atoms with Gasteiger partial charge in [-0.05, 0) is 6.07 Å². The first kappa shape index (κ1) is 8.58. The van der Waals surface area contributed by atoms with Crippen molar-refractivity contribution in [3.8, 4) is 5.75 Å². The van der Waals surface area contributed by atoms with Crippen molar-refractivity contribution in [3.05, 3.63) is 18.0 Å². The van der Waals surface area contributed by atoms with E-state index >= 15 is 0 Å². The topological polar surface area (TPSA) is 59.4 Å². The predicted octanol–water partition coefficient (Wildman–Crippen LogP) is -0.953. The molecule has 0 saturated heterocycles. The van der Waals surface area contributed by atoms with E-state index in [1.165, 1.54) is 13.3 Å². The van der Waals surface area contributed by atoms with Gasteiger partial charge in [0.25, 0.3) is 0 Å². The molecule has 0 aliphatic heterocycles. The minimum Gasteiger partial charge on any atom is -0.494 e. The van der Waals surface area contributed by atoms with Gasteiger partial charge in [0.05, 0.1) is 7.11 Å². The van der Waals surface area contributed by atoms with Crippen molar-refractivity contribution in [3.63, 3.8) is 0 Å². The smallest absolute Gasteiger partial charge is 0.358 e. The van der Waals surface area contributed by atoms with Crippen molar-refractivity contribution in [1.82, 2.24) is 4.98 Å². The number of carboxylic acids is 1. The summed E-state index contributed by atoms with van der Waals surface area (Å²) in [6.07, 6.45) is 1.49. The standard InChI is InChI=1S/C7H8BNO3/c1-12-5-2-4(8)3-9-6(5)7(10)11/h2-3H,8H2,1H3,(H,10,11). The van der Waals surface area contributed by atoms with Crippen LogP contribution in [0.5, 0.6) is 5.75 Å². The average Bonchev–Trinajstić information content (AvgIpc) is 2.03. The van der Waals surface area contributed by atoms with Crippen molar-refractivity contribution in [2.45, 2.75) is 0 Å². The van der Waals surface area contributed by atoms with Gasteiger partial charge in [-0.1, -0.05) is 5.46 Å². The first-order valence-electron chi connectivity index (χ1n) is 3.39. The number of rotatable bonds is 2. The Morgan fingerprint density at radius 2 is 2.42 bits per heavy atom. The van der Waals surface area contributed by atoms with E-state index in [-0.39, 0.29) is 5.69 Å². The second kappa shape index (κ2) is 3.25. The van der Waals surface area contributed by atoms with Crippen LogP contribution in [-0.2, 0) is 0 Å². The molecule has 0 aliphatic carbocycles. The first-order chi connectivity index (χ1) is 5.65. The second-order valence-corrected chi connectivity index (χ2v) is 2.37. The van der Waals surface area contributed by atoms with Crippen LogP contribution in [0.1, 0.15) is 10.5 Å². The van der Waals surface area contributed by atoms with E-state index in [0.29, 0.717) is 5.75 Å². The second-order valence-electron chi connectivity index (χ2n) is 2.37. The van der Waals surface area contributed by atoms with E-state index in [1.54, 1.807) is 6.07 Å². The summed E-state index contributed by atoms with van der Waals surface area (Å²) >= 11 is 0. The summed E-state index contributed by atoms with van der Waals surface area (Å²) in [6.45, 7) is 0. The Hall–Kier alpha value is -1.52. The molecule has 5 heteroatoms. The maximum atomic E-state index is 10.5. The van der Waals surface area contributed by atoms with E-state index in [2.05, 4.69) is 4.98 Å². The number of hydrogen-bond donors (Lipinski definition) is 1. The zero-order valence-electron chi connectivity index (χ0n) is 6.87. The summed E-state index contributed by atoms with van der Waals surface area (Å²) < 4.78 is 4.84. The summed E-state index contributed by atoms with van der Waals surface area (Å²) in [6, 6.07) is 1.64. The molecule has 1 aromatic rings. The number of carbonyl (C=O) groups is 1. The summed E-state index contributed by atoms with van der Waals surface area (Å²) in [7, 11) is 3.24. The molecular weight excluding hydrogens is 157 g/mol. The van der Waals surface area contributed by atoms with Gasteiger partial charge in [-0.25, -0.2) is 9.78 Å². The summed E-state index contributed by atoms with van der Waals surface area (Å²) in [5.74, 6) is -0.783. The van der Waals surface area contributed by atoms with Crippen LogP contribution in [0, 0.1) is 0 Å². The van der Waals surface area contributed by atoms with E-state index < -0.39 is 5.97 Å². The third-order valence-corrected chi connectivity index (χ3v) is 1.41. The molecule has 1 heterocycles. The van der Waals surface area contributed by atoms with Gasteiger partial charge >= 0.3 is 5.97 Å². The molecule has 0 amide bonds. The number of methoxy groups -OCH3 is 1. The molecule has 12 heavy (non-hydrogen) atoms. The fourth-order valence-corrected chi connectivity index (χ4v) is 0.859. The number of aromatic carboxylic acids is 1. The minimum absolute atomic E-state index is 0.0527. The molecular formula is C7H8BNO3. The average molecular weight is 165 g/mol. The SMILES string of the molecule is Bc1cnc(C(=O)O)c(OC)c1. The number of aromatic nitrogens is 1. The lowest BCUT2D eigenvalue weighted by Crippen LogP contribution is -2.10. The van der Waals surface area contributed by atoms with Gasteiger partial charge in [-0.2, -0.15) is 0 Å². The molecule has 4 nitrogen and oxygen atoms in total. The molecule has 0 atom stereocenters. The lowest BCUT2D eigenvalue weighted by Gasteiger charge is -2.03. The molecule has 1 aromatic heterocycles. The number of hydrogen-bond acceptors (Lipinski definition) is 3. The van der Waals surface area contributed by atoms with E-state index in [1.807, 2.05) is 7.85 Å². The molecule has 0 fully saturated rings. The van der Waals surface area contributed by atoms with Crippen molar-refractivity contribution in [2.24, 2.45) is 0 Å². The fourth-order valence-electron chi connectivity index (χ4n) is 0.859. The monoisotopic (exact) mass is 165 g/mol. The van der Waals surface area contributed by atoms with Gasteiger partial charge in [-0.15, -0.1) is 0 Å². The Kier molecular flexibility index (Phi) is 2.33. The number of pyridine rings is 1. The Morgan fingerprint density at radius 3 is 2.92 bits per heavy atom. The van der Waals surface area contributed by atoms with E-state index in [9.17, 15) is 4.79 Å². The molecule has 0 saturated carbocycles. The highest BCUT2D eigenvalue weighted by Crippen LogP contribution is 2.12. The molecule has 0 aliphatic rings. The number of nitrogens with zero attached hydrogens (tertiary/aromatic N) is 1. The van der Waals surface area contributed by atoms with Crippen LogP contribution in [0.4, 0.5) is 0 Å². The highest BCUT2D eigenvalue weighted by Gasteiger charge is 2.11. The van der Waals surface area contributed by atoms with Gasteiger partial charge in [0, 0.05) is 6.20 Å². The van der Waals surface area contributed by atoms with Crippen LogP contribution in [0.25, 0.3) is 0 Å². The molecule has 1 N–H and O–H groups in total. The van der Waals surface area contributed by atoms with E-state index in [0.717, 1.165) is 5.46 Å². The molecule has 0 bridgehead atoms. The molecule has 0 spiro atoms. The quantitative estimate of drug-likeness (QED) is 0.573. The van der Waals surface area contributed by atoms with Crippen molar-refractivity contribution in [1.29, 1.82) is 0 Å². The highest BCUT2D eigenvalue weighted by molar-refractivity contribution is 6.32. The summed E-state index contributed by atoms with van der Waals surface area (Å²) in [4.78, 5) is 14.3. The molecule has 0 aromatic carbocycles. The van der Waals surface area contributed by atoms with Gasteiger partial charge in [0.1, 0.15) is 7.85 Å².